The fourth-order valence-electron chi connectivity index (χ4n) is 1.86. The summed E-state index contributed by atoms with van der Waals surface area (Å²) in [7, 11) is 1.55. The van der Waals surface area contributed by atoms with E-state index in [4.69, 9.17) is 4.74 Å². The molecule has 0 unspecified atom stereocenters. The van der Waals surface area contributed by atoms with Gasteiger partial charge in [-0.1, -0.05) is 19.1 Å². The molecule has 1 rings (SSSR count). The van der Waals surface area contributed by atoms with Gasteiger partial charge < -0.3 is 15.0 Å². The van der Waals surface area contributed by atoms with Crippen molar-refractivity contribution in [3.8, 4) is 5.75 Å². The van der Waals surface area contributed by atoms with Crippen molar-refractivity contribution in [2.75, 3.05) is 25.5 Å². The lowest BCUT2D eigenvalue weighted by molar-refractivity contribution is -0.134. The van der Waals surface area contributed by atoms with Gasteiger partial charge in [-0.15, -0.1) is 0 Å². The maximum absolute atomic E-state index is 12.0. The molecule has 1 aromatic carbocycles. The highest BCUT2D eigenvalue weighted by atomic mass is 16.5. The van der Waals surface area contributed by atoms with Crippen molar-refractivity contribution in [3.05, 3.63) is 24.3 Å². The first-order valence-corrected chi connectivity index (χ1v) is 6.83. The molecule has 0 aliphatic rings. The van der Waals surface area contributed by atoms with Gasteiger partial charge in [-0.05, 0) is 25.5 Å². The lowest BCUT2D eigenvalue weighted by Crippen LogP contribution is -2.37. The Hall–Kier alpha value is -2.04. The molecule has 1 N–H and O–H groups in total. The summed E-state index contributed by atoms with van der Waals surface area (Å²) in [6.07, 6.45) is 1.25. The highest BCUT2D eigenvalue weighted by Crippen LogP contribution is 2.22. The average molecular weight is 278 g/mol. The molecule has 0 spiro atoms. The summed E-state index contributed by atoms with van der Waals surface area (Å²) >= 11 is 0. The van der Waals surface area contributed by atoms with Gasteiger partial charge >= 0.3 is 0 Å². The van der Waals surface area contributed by atoms with Crippen LogP contribution >= 0.6 is 0 Å². The molecule has 0 aromatic heterocycles. The normalized spacial score (nSPS) is 9.95. The number of hydrogen-bond acceptors (Lipinski definition) is 3. The maximum atomic E-state index is 12.0. The summed E-state index contributed by atoms with van der Waals surface area (Å²) in [6.45, 7) is 4.40. The number of methoxy groups -OCH3 is 1. The monoisotopic (exact) mass is 278 g/mol. The molecule has 0 aliphatic heterocycles. The number of rotatable bonds is 7. The van der Waals surface area contributed by atoms with E-state index in [2.05, 4.69) is 5.32 Å². The van der Waals surface area contributed by atoms with Gasteiger partial charge in [0.2, 0.25) is 11.8 Å². The van der Waals surface area contributed by atoms with Gasteiger partial charge in [0, 0.05) is 13.0 Å². The SMILES string of the molecule is CCCC(=O)N(CC)CC(=O)Nc1ccccc1OC. The first-order valence-electron chi connectivity index (χ1n) is 6.83. The van der Waals surface area contributed by atoms with E-state index in [0.717, 1.165) is 6.42 Å². The molecule has 0 heterocycles. The van der Waals surface area contributed by atoms with E-state index in [-0.39, 0.29) is 18.4 Å². The zero-order chi connectivity index (χ0) is 15.0. The zero-order valence-electron chi connectivity index (χ0n) is 12.3. The average Bonchev–Trinajstić information content (AvgIpc) is 2.45. The van der Waals surface area contributed by atoms with E-state index in [1.165, 1.54) is 0 Å². The Bertz CT molecular complexity index is 460. The minimum absolute atomic E-state index is 0.00479. The van der Waals surface area contributed by atoms with Crippen molar-refractivity contribution in [1.82, 2.24) is 4.90 Å². The van der Waals surface area contributed by atoms with Crippen LogP contribution in [0.25, 0.3) is 0 Å². The quantitative estimate of drug-likeness (QED) is 0.832. The summed E-state index contributed by atoms with van der Waals surface area (Å²) in [5.74, 6) is 0.384. The van der Waals surface area contributed by atoms with E-state index < -0.39 is 0 Å². The summed E-state index contributed by atoms with van der Waals surface area (Å²) in [4.78, 5) is 25.4. The number of ether oxygens (including phenoxy) is 1. The number of carbonyl (C=O) groups excluding carboxylic acids is 2. The third kappa shape index (κ3) is 4.57. The molecular formula is C15H22N2O3. The molecule has 5 heteroatoms. The lowest BCUT2D eigenvalue weighted by atomic mass is 10.2. The van der Waals surface area contributed by atoms with Crippen molar-refractivity contribution in [1.29, 1.82) is 0 Å². The second kappa shape index (κ2) is 8.19. The molecule has 1 aromatic rings. The lowest BCUT2D eigenvalue weighted by Gasteiger charge is -2.20. The largest absolute Gasteiger partial charge is 0.495 e. The van der Waals surface area contributed by atoms with E-state index in [9.17, 15) is 9.59 Å². The van der Waals surface area contributed by atoms with Crippen LogP contribution in [0.5, 0.6) is 5.75 Å². The van der Waals surface area contributed by atoms with E-state index in [0.29, 0.717) is 24.4 Å². The Labute approximate surface area is 119 Å². The molecule has 20 heavy (non-hydrogen) atoms. The number of para-hydroxylation sites is 2. The van der Waals surface area contributed by atoms with Gasteiger partial charge in [-0.2, -0.15) is 0 Å². The fraction of sp³-hybridized carbons (Fsp3) is 0.467. The van der Waals surface area contributed by atoms with Crippen LogP contribution in [-0.4, -0.2) is 36.9 Å². The summed E-state index contributed by atoms with van der Waals surface area (Å²) < 4.78 is 5.17. The molecule has 0 bridgehead atoms. The molecule has 0 aliphatic carbocycles. The zero-order valence-corrected chi connectivity index (χ0v) is 12.3. The number of anilines is 1. The van der Waals surface area contributed by atoms with Crippen LogP contribution in [0.4, 0.5) is 5.69 Å². The Morgan fingerprint density at radius 1 is 1.25 bits per heavy atom. The second-order valence-corrected chi connectivity index (χ2v) is 4.41. The number of benzene rings is 1. The van der Waals surface area contributed by atoms with Crippen LogP contribution in [0.1, 0.15) is 26.7 Å². The Morgan fingerprint density at radius 2 is 1.95 bits per heavy atom. The Morgan fingerprint density at radius 3 is 2.55 bits per heavy atom. The van der Waals surface area contributed by atoms with Gasteiger partial charge in [0.15, 0.2) is 0 Å². The fourth-order valence-corrected chi connectivity index (χ4v) is 1.86. The number of carbonyl (C=O) groups is 2. The molecule has 0 saturated carbocycles. The van der Waals surface area contributed by atoms with Crippen LogP contribution in [0.3, 0.4) is 0 Å². The van der Waals surface area contributed by atoms with Crippen LogP contribution < -0.4 is 10.1 Å². The number of amides is 2. The maximum Gasteiger partial charge on any atom is 0.244 e. The van der Waals surface area contributed by atoms with Gasteiger partial charge in [-0.3, -0.25) is 9.59 Å². The Balaban J connectivity index is 2.64. The molecule has 110 valence electrons. The van der Waals surface area contributed by atoms with Gasteiger partial charge in [0.25, 0.3) is 0 Å². The van der Waals surface area contributed by atoms with Crippen molar-refractivity contribution in [2.45, 2.75) is 26.7 Å². The van der Waals surface area contributed by atoms with E-state index in [1.807, 2.05) is 26.0 Å². The van der Waals surface area contributed by atoms with Crippen molar-refractivity contribution >= 4 is 17.5 Å². The standard InChI is InChI=1S/C15H22N2O3/c1-4-8-15(19)17(5-2)11-14(18)16-12-9-6-7-10-13(12)20-3/h6-7,9-10H,4-5,8,11H2,1-3H3,(H,16,18). The van der Waals surface area contributed by atoms with Gasteiger partial charge in [0.05, 0.1) is 19.3 Å². The predicted molar refractivity (Wildman–Crippen MR) is 78.8 cm³/mol. The Kier molecular flexibility index (Phi) is 6.56. The number of nitrogens with zero attached hydrogens (tertiary/aromatic N) is 1. The molecule has 0 atom stereocenters. The second-order valence-electron chi connectivity index (χ2n) is 4.41. The topological polar surface area (TPSA) is 58.6 Å². The predicted octanol–water partition coefficient (Wildman–Crippen LogP) is 2.28. The minimum atomic E-state index is -0.221. The highest BCUT2D eigenvalue weighted by molar-refractivity contribution is 5.95. The molecule has 0 radical (unpaired) electrons. The summed E-state index contributed by atoms with van der Waals surface area (Å²) in [5.41, 5.74) is 0.610. The van der Waals surface area contributed by atoms with Gasteiger partial charge in [0.1, 0.15) is 5.75 Å². The smallest absolute Gasteiger partial charge is 0.244 e. The van der Waals surface area contributed by atoms with Crippen LogP contribution in [-0.2, 0) is 9.59 Å². The molecule has 2 amide bonds. The van der Waals surface area contributed by atoms with E-state index in [1.54, 1.807) is 24.1 Å². The van der Waals surface area contributed by atoms with Crippen LogP contribution in [0.2, 0.25) is 0 Å². The van der Waals surface area contributed by atoms with Crippen molar-refractivity contribution < 1.29 is 14.3 Å². The molecular weight excluding hydrogens is 256 g/mol. The third-order valence-corrected chi connectivity index (χ3v) is 2.91. The number of likely N-dealkylation sites (N-methyl/N-ethyl adjacent to an activating group) is 1. The van der Waals surface area contributed by atoms with E-state index >= 15 is 0 Å². The number of hydrogen-bond donors (Lipinski definition) is 1. The number of nitrogens with one attached hydrogen (secondary N) is 1. The molecule has 5 nitrogen and oxygen atoms in total. The minimum Gasteiger partial charge on any atom is -0.495 e. The van der Waals surface area contributed by atoms with Crippen molar-refractivity contribution in [3.63, 3.8) is 0 Å². The van der Waals surface area contributed by atoms with Crippen molar-refractivity contribution in [2.24, 2.45) is 0 Å². The molecule has 0 saturated heterocycles. The summed E-state index contributed by atoms with van der Waals surface area (Å²) in [5, 5.41) is 2.77. The first kappa shape index (κ1) is 16.0. The third-order valence-electron chi connectivity index (χ3n) is 2.91. The van der Waals surface area contributed by atoms with Crippen LogP contribution in [0.15, 0.2) is 24.3 Å². The summed E-state index contributed by atoms with van der Waals surface area (Å²) in [6, 6.07) is 7.19. The van der Waals surface area contributed by atoms with Crippen LogP contribution in [0, 0.1) is 0 Å². The molecule has 0 fully saturated rings. The first-order chi connectivity index (χ1) is 9.62. The highest BCUT2D eigenvalue weighted by Gasteiger charge is 2.15. The van der Waals surface area contributed by atoms with Gasteiger partial charge in [-0.25, -0.2) is 0 Å².